The maximum Gasteiger partial charge on any atom is 0.101 e. The van der Waals surface area contributed by atoms with Crippen molar-refractivity contribution in [3.63, 3.8) is 0 Å². The molecule has 0 N–H and O–H groups in total. The number of anilines is 2. The first-order valence-electron chi connectivity index (χ1n) is 5.75. The second-order valence-electron chi connectivity index (χ2n) is 4.07. The maximum absolute atomic E-state index is 9.17. The molecule has 0 aliphatic carbocycles. The van der Waals surface area contributed by atoms with E-state index in [-0.39, 0.29) is 0 Å². The lowest BCUT2D eigenvalue weighted by Gasteiger charge is -2.24. The highest BCUT2D eigenvalue weighted by Gasteiger charge is 2.15. The van der Waals surface area contributed by atoms with Gasteiger partial charge < -0.3 is 4.90 Å². The first-order valence-corrected chi connectivity index (χ1v) is 6.66. The van der Waals surface area contributed by atoms with Gasteiger partial charge in [-0.05, 0) is 23.8 Å². The predicted molar refractivity (Wildman–Crippen MR) is 80.2 cm³/mol. The lowest BCUT2D eigenvalue weighted by Crippen LogP contribution is -2.13. The van der Waals surface area contributed by atoms with E-state index in [1.54, 1.807) is 6.07 Å². The molecule has 0 fully saturated rings. The van der Waals surface area contributed by atoms with Gasteiger partial charge >= 0.3 is 0 Å². The van der Waals surface area contributed by atoms with E-state index in [4.69, 9.17) is 23.2 Å². The molecule has 96 valence electrons. The molecule has 0 unspecified atom stereocenters. The van der Waals surface area contributed by atoms with Crippen molar-refractivity contribution in [2.45, 2.75) is 5.88 Å². The molecule has 0 aliphatic rings. The van der Waals surface area contributed by atoms with E-state index in [1.807, 2.05) is 48.3 Å². The Morgan fingerprint density at radius 1 is 1.16 bits per heavy atom. The van der Waals surface area contributed by atoms with Gasteiger partial charge in [-0.1, -0.05) is 35.9 Å². The van der Waals surface area contributed by atoms with E-state index in [0.717, 1.165) is 16.9 Å². The Morgan fingerprint density at radius 2 is 1.89 bits per heavy atom. The molecule has 2 aromatic rings. The Morgan fingerprint density at radius 3 is 2.58 bits per heavy atom. The number of nitriles is 1. The number of rotatable bonds is 3. The number of halogens is 2. The Bertz CT molecular complexity index is 632. The molecule has 4 heteroatoms. The molecule has 19 heavy (non-hydrogen) atoms. The minimum absolute atomic E-state index is 0.370. The summed E-state index contributed by atoms with van der Waals surface area (Å²) in [6.07, 6.45) is 0. The average Bonchev–Trinajstić information content (AvgIpc) is 2.46. The van der Waals surface area contributed by atoms with Crippen LogP contribution in [0.1, 0.15) is 11.1 Å². The van der Waals surface area contributed by atoms with Crippen LogP contribution in [0, 0.1) is 11.3 Å². The number of para-hydroxylation sites is 2. The molecule has 0 heterocycles. The van der Waals surface area contributed by atoms with Gasteiger partial charge in [0.25, 0.3) is 0 Å². The van der Waals surface area contributed by atoms with Gasteiger partial charge in [0.05, 0.1) is 22.0 Å². The first-order chi connectivity index (χ1) is 9.19. The topological polar surface area (TPSA) is 27.0 Å². The third-order valence-electron chi connectivity index (χ3n) is 2.94. The highest BCUT2D eigenvalue weighted by atomic mass is 35.5. The maximum atomic E-state index is 9.17. The van der Waals surface area contributed by atoms with Gasteiger partial charge in [-0.3, -0.25) is 0 Å². The standard InChI is InChI=1S/C15H12Cl2N2/c1-19(14-8-3-2-5-12(14)10-18)15-11(9-16)6-4-7-13(15)17/h2-8H,9H2,1H3. The highest BCUT2D eigenvalue weighted by molar-refractivity contribution is 6.33. The van der Waals surface area contributed by atoms with Crippen molar-refractivity contribution < 1.29 is 0 Å². The summed E-state index contributed by atoms with van der Waals surface area (Å²) < 4.78 is 0. The van der Waals surface area contributed by atoms with Gasteiger partial charge in [-0.15, -0.1) is 11.6 Å². The van der Waals surface area contributed by atoms with Crippen LogP contribution in [-0.4, -0.2) is 7.05 Å². The number of nitrogens with zero attached hydrogens (tertiary/aromatic N) is 2. The van der Waals surface area contributed by atoms with Crippen LogP contribution in [0.3, 0.4) is 0 Å². The minimum Gasteiger partial charge on any atom is -0.342 e. The summed E-state index contributed by atoms with van der Waals surface area (Å²) in [7, 11) is 1.88. The molecule has 2 aromatic carbocycles. The third-order valence-corrected chi connectivity index (χ3v) is 3.53. The molecule has 0 atom stereocenters. The zero-order chi connectivity index (χ0) is 13.8. The fraction of sp³-hybridized carbons (Fsp3) is 0.133. The van der Waals surface area contributed by atoms with Crippen LogP contribution in [-0.2, 0) is 5.88 Å². The van der Waals surface area contributed by atoms with E-state index < -0.39 is 0 Å². The molecule has 0 amide bonds. The number of benzene rings is 2. The van der Waals surface area contributed by atoms with Gasteiger partial charge in [0, 0.05) is 12.9 Å². The van der Waals surface area contributed by atoms with Gasteiger partial charge in [0.15, 0.2) is 0 Å². The van der Waals surface area contributed by atoms with Crippen molar-refractivity contribution in [3.05, 3.63) is 58.6 Å². The molecule has 0 bridgehead atoms. The summed E-state index contributed by atoms with van der Waals surface area (Å²) >= 11 is 12.2. The average molecular weight is 291 g/mol. The second kappa shape index (κ2) is 5.97. The van der Waals surface area contributed by atoms with Crippen molar-refractivity contribution >= 4 is 34.6 Å². The van der Waals surface area contributed by atoms with Crippen LogP contribution >= 0.6 is 23.2 Å². The monoisotopic (exact) mass is 290 g/mol. The van der Waals surface area contributed by atoms with Gasteiger partial charge in [0.1, 0.15) is 6.07 Å². The molecule has 0 spiro atoms. The molecule has 0 radical (unpaired) electrons. The first kappa shape index (κ1) is 13.7. The molecule has 0 saturated carbocycles. The molecule has 0 aromatic heterocycles. The van der Waals surface area contributed by atoms with E-state index in [0.29, 0.717) is 16.5 Å². The smallest absolute Gasteiger partial charge is 0.101 e. The Labute approximate surface area is 122 Å². The molecule has 2 nitrogen and oxygen atoms in total. The van der Waals surface area contributed by atoms with Crippen LogP contribution in [0.2, 0.25) is 5.02 Å². The summed E-state index contributed by atoms with van der Waals surface area (Å²) in [5.41, 5.74) is 3.18. The van der Waals surface area contributed by atoms with Crippen LogP contribution < -0.4 is 4.90 Å². The van der Waals surface area contributed by atoms with Gasteiger partial charge in [-0.2, -0.15) is 5.26 Å². The SMILES string of the molecule is CN(c1ccccc1C#N)c1c(Cl)cccc1CCl. The van der Waals surface area contributed by atoms with Crippen molar-refractivity contribution in [2.24, 2.45) is 0 Å². The summed E-state index contributed by atoms with van der Waals surface area (Å²) in [6, 6.07) is 15.2. The van der Waals surface area contributed by atoms with Crippen molar-refractivity contribution in [2.75, 3.05) is 11.9 Å². The van der Waals surface area contributed by atoms with Crippen molar-refractivity contribution in [3.8, 4) is 6.07 Å². The Hall–Kier alpha value is -1.69. The fourth-order valence-electron chi connectivity index (χ4n) is 2.02. The van der Waals surface area contributed by atoms with Crippen LogP contribution in [0.25, 0.3) is 0 Å². The van der Waals surface area contributed by atoms with Crippen LogP contribution in [0.15, 0.2) is 42.5 Å². The van der Waals surface area contributed by atoms with E-state index >= 15 is 0 Å². The Balaban J connectivity index is 2.57. The predicted octanol–water partition coefficient (Wildman–Crippen LogP) is 4.72. The lowest BCUT2D eigenvalue weighted by atomic mass is 10.1. The summed E-state index contributed by atoms with van der Waals surface area (Å²) in [6.45, 7) is 0. The molecule has 2 rings (SSSR count). The van der Waals surface area contributed by atoms with Crippen molar-refractivity contribution in [1.82, 2.24) is 0 Å². The highest BCUT2D eigenvalue weighted by Crippen LogP contribution is 2.35. The number of hydrogen-bond donors (Lipinski definition) is 0. The van der Waals surface area contributed by atoms with Gasteiger partial charge in [0.2, 0.25) is 0 Å². The van der Waals surface area contributed by atoms with Crippen molar-refractivity contribution in [1.29, 1.82) is 5.26 Å². The summed E-state index contributed by atoms with van der Waals surface area (Å²) in [4.78, 5) is 1.90. The molecular weight excluding hydrogens is 279 g/mol. The molecule has 0 aliphatic heterocycles. The van der Waals surface area contributed by atoms with Crippen LogP contribution in [0.4, 0.5) is 11.4 Å². The van der Waals surface area contributed by atoms with E-state index in [1.165, 1.54) is 0 Å². The minimum atomic E-state index is 0.370. The normalized spacial score (nSPS) is 10.0. The van der Waals surface area contributed by atoms with E-state index in [2.05, 4.69) is 6.07 Å². The van der Waals surface area contributed by atoms with Crippen LogP contribution in [0.5, 0.6) is 0 Å². The molecular formula is C15H12Cl2N2. The Kier molecular flexibility index (Phi) is 4.31. The zero-order valence-corrected chi connectivity index (χ0v) is 11.9. The third kappa shape index (κ3) is 2.68. The fourth-order valence-corrected chi connectivity index (χ4v) is 2.56. The second-order valence-corrected chi connectivity index (χ2v) is 4.74. The number of hydrogen-bond acceptors (Lipinski definition) is 2. The summed E-state index contributed by atoms with van der Waals surface area (Å²) in [5.74, 6) is 0.370. The van der Waals surface area contributed by atoms with E-state index in [9.17, 15) is 5.26 Å². The number of alkyl halides is 1. The summed E-state index contributed by atoms with van der Waals surface area (Å²) in [5, 5.41) is 9.79. The largest absolute Gasteiger partial charge is 0.342 e. The van der Waals surface area contributed by atoms with Gasteiger partial charge in [-0.25, -0.2) is 0 Å². The zero-order valence-electron chi connectivity index (χ0n) is 10.4. The molecule has 0 saturated heterocycles. The quantitative estimate of drug-likeness (QED) is 0.765. The lowest BCUT2D eigenvalue weighted by molar-refractivity contribution is 1.17.